The van der Waals surface area contributed by atoms with Crippen molar-refractivity contribution in [1.82, 2.24) is 4.72 Å². The number of sulfonamides is 1. The molecule has 0 saturated carbocycles. The van der Waals surface area contributed by atoms with Gasteiger partial charge in [-0.25, -0.2) is 13.1 Å². The Morgan fingerprint density at radius 1 is 1.30 bits per heavy atom. The van der Waals surface area contributed by atoms with Gasteiger partial charge in [-0.2, -0.15) is 5.26 Å². The number of aryl methyl sites for hydroxylation is 2. The van der Waals surface area contributed by atoms with Crippen LogP contribution in [0.2, 0.25) is 0 Å². The van der Waals surface area contributed by atoms with E-state index in [-0.39, 0.29) is 23.7 Å². The van der Waals surface area contributed by atoms with Gasteiger partial charge in [-0.1, -0.05) is 18.2 Å². The number of anilines is 1. The van der Waals surface area contributed by atoms with Gasteiger partial charge >= 0.3 is 0 Å². The van der Waals surface area contributed by atoms with Gasteiger partial charge in [0, 0.05) is 18.8 Å². The second kappa shape index (κ2) is 9.69. The minimum Gasteiger partial charge on any atom is -0.492 e. The molecule has 0 radical (unpaired) electrons. The van der Waals surface area contributed by atoms with Crippen LogP contribution in [0.15, 0.2) is 41.3 Å². The lowest BCUT2D eigenvalue weighted by molar-refractivity contribution is -0.0279. The smallest absolute Gasteiger partial charge is 0.242 e. The van der Waals surface area contributed by atoms with Crippen LogP contribution in [0.25, 0.3) is 0 Å². The van der Waals surface area contributed by atoms with E-state index in [0.717, 1.165) is 24.2 Å². The zero-order chi connectivity index (χ0) is 23.5. The third kappa shape index (κ3) is 5.14. The van der Waals surface area contributed by atoms with Crippen LogP contribution in [0.1, 0.15) is 36.0 Å². The lowest BCUT2D eigenvalue weighted by Gasteiger charge is -2.27. The van der Waals surface area contributed by atoms with Crippen molar-refractivity contribution in [3.05, 3.63) is 53.1 Å². The van der Waals surface area contributed by atoms with Crippen molar-refractivity contribution in [3.8, 4) is 11.8 Å². The zero-order valence-corrected chi connectivity index (χ0v) is 19.5. The summed E-state index contributed by atoms with van der Waals surface area (Å²) in [5.74, 6) is 0.774. The number of aliphatic hydroxyl groups is 1. The highest BCUT2D eigenvalue weighted by Gasteiger charge is 2.34. The summed E-state index contributed by atoms with van der Waals surface area (Å²) in [6.07, 6.45) is 2.92. The number of fused-ring (bicyclic) bond motifs is 1. The average molecular weight is 472 g/mol. The van der Waals surface area contributed by atoms with Crippen LogP contribution < -0.4 is 14.8 Å². The summed E-state index contributed by atoms with van der Waals surface area (Å²) in [7, 11) is -3.95. The molecule has 2 aliphatic heterocycles. The van der Waals surface area contributed by atoms with Crippen LogP contribution in [0.5, 0.6) is 5.75 Å². The number of hydrogen-bond donors (Lipinski definition) is 3. The Balaban J connectivity index is 1.51. The number of benzene rings is 2. The third-order valence-corrected chi connectivity index (χ3v) is 7.97. The number of ether oxygens (including phenoxy) is 2. The SMILES string of the molecule is Cc1cc(NCC2(CO)CCCO2)cc(C#N)c1S(=O)(=O)NC1CCc2ccccc2OC1. The van der Waals surface area contributed by atoms with E-state index in [4.69, 9.17) is 9.47 Å². The van der Waals surface area contributed by atoms with Crippen molar-refractivity contribution in [2.75, 3.05) is 31.7 Å². The number of nitrogens with zero attached hydrogens (tertiary/aromatic N) is 1. The summed E-state index contributed by atoms with van der Waals surface area (Å²) in [4.78, 5) is -0.0219. The van der Waals surface area contributed by atoms with Crippen molar-refractivity contribution in [2.24, 2.45) is 0 Å². The van der Waals surface area contributed by atoms with Gasteiger partial charge in [0.2, 0.25) is 10.0 Å². The molecule has 0 aliphatic carbocycles. The summed E-state index contributed by atoms with van der Waals surface area (Å²) in [5.41, 5.74) is 1.54. The van der Waals surface area contributed by atoms with Crippen LogP contribution in [-0.2, 0) is 21.2 Å². The Hall–Kier alpha value is -2.64. The standard InChI is InChI=1S/C24H29N3O5S/c1-17-11-21(26-15-24(16-28)9-4-10-32-24)12-19(13-25)23(17)33(29,30)27-20-8-7-18-5-2-3-6-22(18)31-14-20/h2-3,5-6,11-12,20,26-28H,4,7-10,14-16H2,1H3. The van der Waals surface area contributed by atoms with E-state index in [9.17, 15) is 18.8 Å². The molecule has 2 atom stereocenters. The van der Waals surface area contributed by atoms with Crippen LogP contribution in [0.4, 0.5) is 5.69 Å². The highest BCUT2D eigenvalue weighted by atomic mass is 32.2. The first kappa shape index (κ1) is 23.5. The number of nitrogens with one attached hydrogen (secondary N) is 2. The molecule has 2 aliphatic rings. The van der Waals surface area contributed by atoms with E-state index >= 15 is 0 Å². The fourth-order valence-corrected chi connectivity index (χ4v) is 6.10. The van der Waals surface area contributed by atoms with Crippen LogP contribution in [0.3, 0.4) is 0 Å². The molecule has 1 saturated heterocycles. The molecule has 3 N–H and O–H groups in total. The third-order valence-electron chi connectivity index (χ3n) is 6.25. The van der Waals surface area contributed by atoms with Gasteiger partial charge in [-0.3, -0.25) is 0 Å². The van der Waals surface area contributed by atoms with E-state index in [1.54, 1.807) is 13.0 Å². The van der Waals surface area contributed by atoms with Crippen molar-refractivity contribution in [3.63, 3.8) is 0 Å². The molecular formula is C24H29N3O5S. The summed E-state index contributed by atoms with van der Waals surface area (Å²) in [5, 5.41) is 22.6. The zero-order valence-electron chi connectivity index (χ0n) is 18.6. The number of rotatable bonds is 7. The van der Waals surface area contributed by atoms with E-state index in [1.165, 1.54) is 6.07 Å². The lowest BCUT2D eigenvalue weighted by atomic mass is 10.0. The van der Waals surface area contributed by atoms with Crippen LogP contribution in [-0.4, -0.2) is 51.5 Å². The van der Waals surface area contributed by atoms with Crippen molar-refractivity contribution >= 4 is 15.7 Å². The number of nitriles is 1. The van der Waals surface area contributed by atoms with E-state index < -0.39 is 21.7 Å². The van der Waals surface area contributed by atoms with Gasteiger partial charge in [0.1, 0.15) is 28.9 Å². The molecule has 2 aromatic rings. The Kier molecular flexibility index (Phi) is 6.91. The fourth-order valence-electron chi connectivity index (χ4n) is 4.48. The van der Waals surface area contributed by atoms with E-state index in [2.05, 4.69) is 10.0 Å². The Bertz CT molecular complexity index is 1130. The Morgan fingerprint density at radius 2 is 2.12 bits per heavy atom. The maximum absolute atomic E-state index is 13.3. The van der Waals surface area contributed by atoms with Crippen molar-refractivity contribution in [2.45, 2.75) is 49.1 Å². The van der Waals surface area contributed by atoms with Gasteiger partial charge in [0.25, 0.3) is 0 Å². The average Bonchev–Trinajstić information content (AvgIpc) is 3.19. The Morgan fingerprint density at radius 3 is 2.85 bits per heavy atom. The first-order valence-electron chi connectivity index (χ1n) is 11.1. The molecule has 8 nitrogen and oxygen atoms in total. The fraction of sp³-hybridized carbons (Fsp3) is 0.458. The summed E-state index contributed by atoms with van der Waals surface area (Å²) >= 11 is 0. The minimum atomic E-state index is -3.95. The van der Waals surface area contributed by atoms with Crippen LogP contribution in [0, 0.1) is 18.3 Å². The molecule has 2 unspecified atom stereocenters. The predicted octanol–water partition coefficient (Wildman–Crippen LogP) is 2.49. The van der Waals surface area contributed by atoms with Gasteiger partial charge in [0.05, 0.1) is 18.2 Å². The van der Waals surface area contributed by atoms with Crippen LogP contribution >= 0.6 is 0 Å². The normalized spacial score (nSPS) is 22.6. The van der Waals surface area contributed by atoms with E-state index in [1.807, 2.05) is 30.3 Å². The summed E-state index contributed by atoms with van der Waals surface area (Å²) < 4.78 is 40.8. The second-order valence-corrected chi connectivity index (χ2v) is 10.4. The Labute approximate surface area is 194 Å². The lowest BCUT2D eigenvalue weighted by Crippen LogP contribution is -2.40. The molecule has 2 heterocycles. The topological polar surface area (TPSA) is 121 Å². The molecule has 2 aromatic carbocycles. The number of hydrogen-bond acceptors (Lipinski definition) is 7. The molecule has 176 valence electrons. The van der Waals surface area contributed by atoms with Crippen molar-refractivity contribution in [1.29, 1.82) is 5.26 Å². The molecule has 0 bridgehead atoms. The quantitative estimate of drug-likeness (QED) is 0.567. The molecule has 0 amide bonds. The summed E-state index contributed by atoms with van der Waals surface area (Å²) in [6, 6.07) is 12.5. The molecule has 4 rings (SSSR count). The van der Waals surface area contributed by atoms with Gasteiger partial charge < -0.3 is 19.9 Å². The highest BCUT2D eigenvalue weighted by molar-refractivity contribution is 7.89. The highest BCUT2D eigenvalue weighted by Crippen LogP contribution is 2.29. The van der Waals surface area contributed by atoms with Gasteiger partial charge in [-0.05, 0) is 61.9 Å². The monoisotopic (exact) mass is 471 g/mol. The molecule has 0 aromatic heterocycles. The van der Waals surface area contributed by atoms with Gasteiger partial charge in [-0.15, -0.1) is 0 Å². The molecular weight excluding hydrogens is 442 g/mol. The van der Waals surface area contributed by atoms with Crippen molar-refractivity contribution < 1.29 is 23.0 Å². The largest absolute Gasteiger partial charge is 0.492 e. The molecule has 1 fully saturated rings. The second-order valence-electron chi connectivity index (χ2n) is 8.70. The maximum atomic E-state index is 13.3. The maximum Gasteiger partial charge on any atom is 0.242 e. The number of aliphatic hydroxyl groups excluding tert-OH is 1. The molecule has 33 heavy (non-hydrogen) atoms. The summed E-state index contributed by atoms with van der Waals surface area (Å²) in [6.45, 7) is 2.77. The first-order chi connectivity index (χ1) is 15.9. The van der Waals surface area contributed by atoms with E-state index in [0.29, 0.717) is 37.2 Å². The minimum absolute atomic E-state index is 0.0219. The molecule has 0 spiro atoms. The first-order valence-corrected chi connectivity index (χ1v) is 12.6. The number of para-hydroxylation sites is 1. The predicted molar refractivity (Wildman–Crippen MR) is 124 cm³/mol. The molecule has 9 heteroatoms. The van der Waals surface area contributed by atoms with Gasteiger partial charge in [0.15, 0.2) is 0 Å².